The first-order valence-corrected chi connectivity index (χ1v) is 11.2. The maximum atomic E-state index is 12.8. The molecular formula is C21H24N4O3S. The summed E-state index contributed by atoms with van der Waals surface area (Å²) in [6, 6.07) is 10.9. The van der Waals surface area contributed by atoms with Gasteiger partial charge in [0.05, 0.1) is 4.90 Å². The lowest BCUT2D eigenvalue weighted by Crippen LogP contribution is -2.27. The molecule has 0 spiro atoms. The molecule has 8 heteroatoms. The third-order valence-electron chi connectivity index (χ3n) is 5.24. The van der Waals surface area contributed by atoms with E-state index in [0.29, 0.717) is 37.5 Å². The number of aromatic nitrogens is 2. The third-order valence-corrected chi connectivity index (χ3v) is 7.13. The van der Waals surface area contributed by atoms with Gasteiger partial charge in [0.15, 0.2) is 0 Å². The van der Waals surface area contributed by atoms with Crippen LogP contribution in [0.1, 0.15) is 24.8 Å². The highest BCUT2D eigenvalue weighted by molar-refractivity contribution is 7.89. The highest BCUT2D eigenvalue weighted by atomic mass is 32.2. The molecule has 1 N–H and O–H groups in total. The van der Waals surface area contributed by atoms with Crippen LogP contribution in [0.25, 0.3) is 10.9 Å². The predicted octanol–water partition coefficient (Wildman–Crippen LogP) is 2.53. The molecule has 0 aliphatic carbocycles. The first-order chi connectivity index (χ1) is 14.0. The van der Waals surface area contributed by atoms with Crippen LogP contribution in [0.4, 0.5) is 0 Å². The lowest BCUT2D eigenvalue weighted by atomic mass is 10.2. The molecule has 0 saturated carbocycles. The molecule has 0 unspecified atom stereocenters. The minimum Gasteiger partial charge on any atom is -0.352 e. The molecule has 1 aliphatic heterocycles. The van der Waals surface area contributed by atoms with Crippen LogP contribution < -0.4 is 5.32 Å². The summed E-state index contributed by atoms with van der Waals surface area (Å²) in [6.07, 6.45) is 7.50. The zero-order valence-electron chi connectivity index (χ0n) is 16.1. The van der Waals surface area contributed by atoms with Crippen LogP contribution in [0.5, 0.6) is 0 Å². The zero-order valence-corrected chi connectivity index (χ0v) is 16.9. The van der Waals surface area contributed by atoms with Crippen LogP contribution in [0.3, 0.4) is 0 Å². The first-order valence-electron chi connectivity index (χ1n) is 9.79. The van der Waals surface area contributed by atoms with Gasteiger partial charge in [-0.1, -0.05) is 6.07 Å². The zero-order chi connectivity index (χ0) is 20.3. The Morgan fingerprint density at radius 2 is 1.97 bits per heavy atom. The molecule has 3 aromatic rings. The molecule has 0 bridgehead atoms. The Morgan fingerprint density at radius 1 is 1.14 bits per heavy atom. The number of nitrogens with zero attached hydrogens (tertiary/aromatic N) is 3. The highest BCUT2D eigenvalue weighted by Gasteiger charge is 2.27. The van der Waals surface area contributed by atoms with Crippen molar-refractivity contribution in [2.45, 2.75) is 37.2 Å². The van der Waals surface area contributed by atoms with E-state index in [4.69, 9.17) is 0 Å². The smallest absolute Gasteiger partial charge is 0.243 e. The first kappa shape index (κ1) is 19.6. The molecule has 1 saturated heterocycles. The Bertz CT molecular complexity index is 1100. The molecule has 3 heterocycles. The van der Waals surface area contributed by atoms with Crippen molar-refractivity contribution in [1.29, 1.82) is 0 Å². The normalized spacial score (nSPS) is 15.0. The number of carbonyl (C=O) groups is 1. The van der Waals surface area contributed by atoms with Crippen molar-refractivity contribution in [2.75, 3.05) is 13.1 Å². The van der Waals surface area contributed by atoms with Crippen LogP contribution in [0.2, 0.25) is 0 Å². The van der Waals surface area contributed by atoms with E-state index < -0.39 is 10.0 Å². The van der Waals surface area contributed by atoms with Gasteiger partial charge in [-0.25, -0.2) is 8.42 Å². The van der Waals surface area contributed by atoms with Crippen LogP contribution >= 0.6 is 0 Å². The Labute approximate surface area is 170 Å². The summed E-state index contributed by atoms with van der Waals surface area (Å²) in [5, 5.41) is 3.75. The number of fused-ring (bicyclic) bond motifs is 1. The number of amides is 1. The summed E-state index contributed by atoms with van der Waals surface area (Å²) in [7, 11) is -3.43. The summed E-state index contributed by atoms with van der Waals surface area (Å²) in [6.45, 7) is 2.17. The standard InChI is InChI=1S/C21H24N4O3S/c26-21(23-16-17-4-3-9-22-15-17)8-13-24-12-7-18-14-19(5-6-20(18)24)29(27,28)25-10-1-2-11-25/h3-7,9,12,14-15H,1-2,8,10-11,13,16H2,(H,23,26). The van der Waals surface area contributed by atoms with Gasteiger partial charge in [0.1, 0.15) is 0 Å². The van der Waals surface area contributed by atoms with E-state index in [1.165, 1.54) is 0 Å². The van der Waals surface area contributed by atoms with Gasteiger partial charge in [0.2, 0.25) is 15.9 Å². The van der Waals surface area contributed by atoms with Crippen molar-refractivity contribution in [2.24, 2.45) is 0 Å². The largest absolute Gasteiger partial charge is 0.352 e. The molecule has 152 valence electrons. The Hall–Kier alpha value is -2.71. The maximum Gasteiger partial charge on any atom is 0.243 e. The van der Waals surface area contributed by atoms with Crippen LogP contribution in [0.15, 0.2) is 59.9 Å². The van der Waals surface area contributed by atoms with E-state index >= 15 is 0 Å². The number of hydrogen-bond donors (Lipinski definition) is 1. The number of sulfonamides is 1. The van der Waals surface area contributed by atoms with Crippen LogP contribution in [-0.4, -0.2) is 41.3 Å². The molecule has 7 nitrogen and oxygen atoms in total. The van der Waals surface area contributed by atoms with Gasteiger partial charge in [-0.05, 0) is 48.7 Å². The van der Waals surface area contributed by atoms with Crippen molar-refractivity contribution >= 4 is 26.8 Å². The van der Waals surface area contributed by atoms with E-state index in [0.717, 1.165) is 29.3 Å². The quantitative estimate of drug-likeness (QED) is 0.646. The second kappa shape index (κ2) is 8.34. The highest BCUT2D eigenvalue weighted by Crippen LogP contribution is 2.25. The molecule has 29 heavy (non-hydrogen) atoms. The number of carbonyl (C=O) groups excluding carboxylic acids is 1. The summed E-state index contributed by atoms with van der Waals surface area (Å²) in [4.78, 5) is 16.5. The molecule has 2 aromatic heterocycles. The van der Waals surface area contributed by atoms with Gasteiger partial charge in [0.25, 0.3) is 0 Å². The fourth-order valence-electron chi connectivity index (χ4n) is 3.62. The number of rotatable bonds is 7. The van der Waals surface area contributed by atoms with Gasteiger partial charge in [-0.3, -0.25) is 9.78 Å². The van der Waals surface area contributed by atoms with Gasteiger partial charge < -0.3 is 9.88 Å². The molecule has 4 rings (SSSR count). The van der Waals surface area contributed by atoms with Gasteiger partial charge in [-0.2, -0.15) is 4.31 Å². The fraction of sp³-hybridized carbons (Fsp3) is 0.333. The van der Waals surface area contributed by atoms with E-state index in [9.17, 15) is 13.2 Å². The second-order valence-corrected chi connectivity index (χ2v) is 9.17. The minimum absolute atomic E-state index is 0.0380. The average Bonchev–Trinajstić information content (AvgIpc) is 3.41. The third kappa shape index (κ3) is 4.33. The summed E-state index contributed by atoms with van der Waals surface area (Å²) >= 11 is 0. The monoisotopic (exact) mass is 412 g/mol. The average molecular weight is 413 g/mol. The van der Waals surface area contributed by atoms with Crippen LogP contribution in [0, 0.1) is 0 Å². The van der Waals surface area contributed by atoms with Gasteiger partial charge in [0, 0.05) is 62.1 Å². The van der Waals surface area contributed by atoms with Crippen molar-refractivity contribution < 1.29 is 13.2 Å². The molecular weight excluding hydrogens is 388 g/mol. The molecule has 1 aromatic carbocycles. The number of nitrogens with one attached hydrogen (secondary N) is 1. The Balaban J connectivity index is 1.40. The maximum absolute atomic E-state index is 12.8. The number of benzene rings is 1. The second-order valence-electron chi connectivity index (χ2n) is 7.23. The number of aryl methyl sites for hydroxylation is 1. The van der Waals surface area contributed by atoms with E-state index in [-0.39, 0.29) is 5.91 Å². The number of pyridine rings is 1. The van der Waals surface area contributed by atoms with Crippen molar-refractivity contribution in [3.8, 4) is 0 Å². The van der Waals surface area contributed by atoms with E-state index in [1.54, 1.807) is 28.8 Å². The predicted molar refractivity (Wildman–Crippen MR) is 111 cm³/mol. The number of hydrogen-bond acceptors (Lipinski definition) is 4. The Kier molecular flexibility index (Phi) is 5.64. The summed E-state index contributed by atoms with van der Waals surface area (Å²) in [5.74, 6) is -0.0380. The molecule has 1 fully saturated rings. The summed E-state index contributed by atoms with van der Waals surface area (Å²) in [5.41, 5.74) is 1.88. The van der Waals surface area contributed by atoms with Gasteiger partial charge in [-0.15, -0.1) is 0 Å². The minimum atomic E-state index is -3.43. The van der Waals surface area contributed by atoms with Crippen molar-refractivity contribution in [3.63, 3.8) is 0 Å². The van der Waals surface area contributed by atoms with E-state index in [2.05, 4.69) is 10.3 Å². The lowest BCUT2D eigenvalue weighted by molar-refractivity contribution is -0.121. The Morgan fingerprint density at radius 3 is 2.72 bits per heavy atom. The fourth-order valence-corrected chi connectivity index (χ4v) is 5.18. The van der Waals surface area contributed by atoms with Gasteiger partial charge >= 0.3 is 0 Å². The van der Waals surface area contributed by atoms with E-state index in [1.807, 2.05) is 35.0 Å². The SMILES string of the molecule is O=C(CCn1ccc2cc(S(=O)(=O)N3CCCC3)ccc21)NCc1cccnc1. The molecule has 0 radical (unpaired) electrons. The molecule has 1 amide bonds. The molecule has 1 aliphatic rings. The van der Waals surface area contributed by atoms with Crippen molar-refractivity contribution in [1.82, 2.24) is 19.2 Å². The molecule has 0 atom stereocenters. The lowest BCUT2D eigenvalue weighted by Gasteiger charge is -2.15. The topological polar surface area (TPSA) is 84.3 Å². The van der Waals surface area contributed by atoms with Crippen molar-refractivity contribution in [3.05, 3.63) is 60.6 Å². The van der Waals surface area contributed by atoms with Crippen LogP contribution in [-0.2, 0) is 27.9 Å². The summed E-state index contributed by atoms with van der Waals surface area (Å²) < 4.78 is 29.0.